The van der Waals surface area contributed by atoms with Gasteiger partial charge >= 0.3 is 5.97 Å². The number of benzene rings is 1. The minimum Gasteiger partial charge on any atom is -0.478 e. The number of aromatic carboxylic acids is 1. The van der Waals surface area contributed by atoms with Crippen molar-refractivity contribution in [1.29, 1.82) is 5.26 Å². The van der Waals surface area contributed by atoms with E-state index in [0.29, 0.717) is 0 Å². The van der Waals surface area contributed by atoms with E-state index in [1.807, 2.05) is 6.07 Å². The fraction of sp³-hybridized carbons (Fsp3) is 0.273. The van der Waals surface area contributed by atoms with Gasteiger partial charge in [-0.2, -0.15) is 5.26 Å². The zero-order valence-corrected chi connectivity index (χ0v) is 8.89. The van der Waals surface area contributed by atoms with Gasteiger partial charge in [0.2, 0.25) is 5.79 Å². The number of carbonyl (C=O) groups is 1. The van der Waals surface area contributed by atoms with Crippen LogP contribution in [0.25, 0.3) is 0 Å². The molecule has 0 spiro atoms. The molecule has 0 radical (unpaired) electrons. The number of aliphatic hydroxyl groups is 1. The molecule has 16 heavy (non-hydrogen) atoms. The summed E-state index contributed by atoms with van der Waals surface area (Å²) >= 11 is 0. The molecule has 0 atom stereocenters. The Morgan fingerprint density at radius 3 is 2.56 bits per heavy atom. The minimum absolute atomic E-state index is 0.000328. The van der Waals surface area contributed by atoms with Crippen LogP contribution in [0.5, 0.6) is 5.75 Å². The van der Waals surface area contributed by atoms with Gasteiger partial charge in [0.1, 0.15) is 11.8 Å². The van der Waals surface area contributed by atoms with E-state index >= 15 is 0 Å². The third-order valence-corrected chi connectivity index (χ3v) is 1.71. The first-order valence-electron chi connectivity index (χ1n) is 4.52. The van der Waals surface area contributed by atoms with Crippen LogP contribution in [0.2, 0.25) is 0 Å². The van der Waals surface area contributed by atoms with Crippen molar-refractivity contribution in [2.45, 2.75) is 19.6 Å². The number of hydrogen-bond donors (Lipinski definition) is 2. The van der Waals surface area contributed by atoms with Gasteiger partial charge in [0, 0.05) is 13.8 Å². The Morgan fingerprint density at radius 1 is 1.50 bits per heavy atom. The molecule has 5 heteroatoms. The Hall–Kier alpha value is -2.06. The van der Waals surface area contributed by atoms with E-state index in [4.69, 9.17) is 15.1 Å². The summed E-state index contributed by atoms with van der Waals surface area (Å²) in [5.74, 6) is -2.39. The molecule has 5 nitrogen and oxygen atoms in total. The van der Waals surface area contributed by atoms with E-state index in [9.17, 15) is 9.90 Å². The van der Waals surface area contributed by atoms with Crippen LogP contribution in [-0.4, -0.2) is 22.0 Å². The number of rotatable bonds is 3. The number of hydrogen-bond acceptors (Lipinski definition) is 4. The minimum atomic E-state index is -1.42. The van der Waals surface area contributed by atoms with Crippen LogP contribution >= 0.6 is 0 Å². The molecule has 0 fully saturated rings. The molecule has 0 aliphatic rings. The number of nitriles is 1. The predicted molar refractivity (Wildman–Crippen MR) is 55.0 cm³/mol. The normalized spacial score (nSPS) is 10.6. The van der Waals surface area contributed by atoms with Crippen LogP contribution in [0.1, 0.15) is 29.8 Å². The topological polar surface area (TPSA) is 90.6 Å². The molecule has 1 rings (SSSR count). The average molecular weight is 221 g/mol. The van der Waals surface area contributed by atoms with Gasteiger partial charge in [0.05, 0.1) is 11.1 Å². The molecule has 0 heterocycles. The monoisotopic (exact) mass is 221 g/mol. The van der Waals surface area contributed by atoms with Gasteiger partial charge in [-0.15, -0.1) is 0 Å². The van der Waals surface area contributed by atoms with Crippen molar-refractivity contribution in [2.24, 2.45) is 0 Å². The van der Waals surface area contributed by atoms with Crippen LogP contribution in [0.3, 0.4) is 0 Å². The third kappa shape index (κ3) is 2.97. The van der Waals surface area contributed by atoms with Gasteiger partial charge in [0.25, 0.3) is 0 Å². The SMILES string of the molecule is CC(C)(O)Oc1ccc(C(=O)O)cc1C#N. The summed E-state index contributed by atoms with van der Waals surface area (Å²) in [6, 6.07) is 5.67. The molecule has 0 amide bonds. The van der Waals surface area contributed by atoms with Crippen molar-refractivity contribution < 1.29 is 19.7 Å². The van der Waals surface area contributed by atoms with E-state index in [1.165, 1.54) is 32.0 Å². The lowest BCUT2D eigenvalue weighted by atomic mass is 10.1. The van der Waals surface area contributed by atoms with Crippen molar-refractivity contribution >= 4 is 5.97 Å². The van der Waals surface area contributed by atoms with Gasteiger partial charge < -0.3 is 14.9 Å². The van der Waals surface area contributed by atoms with E-state index in [1.54, 1.807) is 0 Å². The molecule has 0 unspecified atom stereocenters. The molecule has 0 aliphatic carbocycles. The molecule has 0 aromatic heterocycles. The summed E-state index contributed by atoms with van der Waals surface area (Å²) < 4.78 is 5.10. The Morgan fingerprint density at radius 2 is 2.12 bits per heavy atom. The number of carboxylic acid groups (broad SMARTS) is 1. The average Bonchev–Trinajstić information content (AvgIpc) is 2.15. The van der Waals surface area contributed by atoms with Crippen LogP contribution in [-0.2, 0) is 0 Å². The lowest BCUT2D eigenvalue weighted by molar-refractivity contribution is -0.104. The first-order valence-corrected chi connectivity index (χ1v) is 4.52. The highest BCUT2D eigenvalue weighted by molar-refractivity contribution is 5.88. The summed E-state index contributed by atoms with van der Waals surface area (Å²) in [6.45, 7) is 2.83. The van der Waals surface area contributed by atoms with Gasteiger partial charge in [-0.1, -0.05) is 0 Å². The standard InChI is InChI=1S/C11H11NO4/c1-11(2,15)16-9-4-3-7(10(13)14)5-8(9)6-12/h3-5,15H,1-2H3,(H,13,14). The first-order chi connectivity index (χ1) is 7.33. The summed E-state index contributed by atoms with van der Waals surface area (Å²) in [5.41, 5.74) is 0.0710. The second kappa shape index (κ2) is 4.21. The van der Waals surface area contributed by atoms with Crippen LogP contribution in [0, 0.1) is 11.3 Å². The summed E-state index contributed by atoms with van der Waals surface area (Å²) in [7, 11) is 0. The van der Waals surface area contributed by atoms with Crippen molar-refractivity contribution in [3.8, 4) is 11.8 Å². The van der Waals surface area contributed by atoms with Crippen molar-refractivity contribution in [1.82, 2.24) is 0 Å². The fourth-order valence-electron chi connectivity index (χ4n) is 1.11. The number of nitrogens with zero attached hydrogens (tertiary/aromatic N) is 1. The smallest absolute Gasteiger partial charge is 0.335 e. The highest BCUT2D eigenvalue weighted by atomic mass is 16.6. The molecule has 0 bridgehead atoms. The molecule has 2 N–H and O–H groups in total. The van der Waals surface area contributed by atoms with Gasteiger partial charge in [0.15, 0.2) is 0 Å². The first kappa shape index (κ1) is 12.0. The maximum atomic E-state index is 10.7. The lowest BCUT2D eigenvalue weighted by Crippen LogP contribution is -2.27. The van der Waals surface area contributed by atoms with Gasteiger partial charge in [-0.25, -0.2) is 4.79 Å². The quantitative estimate of drug-likeness (QED) is 0.752. The highest BCUT2D eigenvalue weighted by Crippen LogP contribution is 2.23. The van der Waals surface area contributed by atoms with E-state index in [-0.39, 0.29) is 16.9 Å². The molecule has 1 aromatic carbocycles. The molecule has 0 aliphatic heterocycles. The summed E-state index contributed by atoms with van der Waals surface area (Å²) in [6.07, 6.45) is 0. The Labute approximate surface area is 92.5 Å². The third-order valence-electron chi connectivity index (χ3n) is 1.71. The van der Waals surface area contributed by atoms with E-state index < -0.39 is 11.8 Å². The molecular weight excluding hydrogens is 210 g/mol. The van der Waals surface area contributed by atoms with Crippen molar-refractivity contribution in [3.63, 3.8) is 0 Å². The zero-order chi connectivity index (χ0) is 12.3. The molecular formula is C11H11NO4. The van der Waals surface area contributed by atoms with Crippen molar-refractivity contribution in [3.05, 3.63) is 29.3 Å². The van der Waals surface area contributed by atoms with Gasteiger partial charge in [-0.3, -0.25) is 0 Å². The zero-order valence-electron chi connectivity index (χ0n) is 8.89. The second-order valence-corrected chi connectivity index (χ2v) is 3.68. The van der Waals surface area contributed by atoms with Crippen LogP contribution < -0.4 is 4.74 Å². The Kier molecular flexibility index (Phi) is 3.16. The van der Waals surface area contributed by atoms with Crippen LogP contribution in [0.15, 0.2) is 18.2 Å². The largest absolute Gasteiger partial charge is 0.478 e. The maximum absolute atomic E-state index is 10.7. The van der Waals surface area contributed by atoms with Gasteiger partial charge in [-0.05, 0) is 18.2 Å². The molecule has 0 saturated carbocycles. The summed E-state index contributed by atoms with van der Waals surface area (Å²) in [5, 5.41) is 27.0. The number of ether oxygens (including phenoxy) is 1. The molecule has 0 saturated heterocycles. The van der Waals surface area contributed by atoms with Crippen LogP contribution in [0.4, 0.5) is 0 Å². The second-order valence-electron chi connectivity index (χ2n) is 3.68. The Bertz CT molecular complexity index is 454. The molecule has 1 aromatic rings. The van der Waals surface area contributed by atoms with Crippen molar-refractivity contribution in [2.75, 3.05) is 0 Å². The van der Waals surface area contributed by atoms with E-state index in [2.05, 4.69) is 0 Å². The molecule has 84 valence electrons. The maximum Gasteiger partial charge on any atom is 0.335 e. The summed E-state index contributed by atoms with van der Waals surface area (Å²) in [4.78, 5) is 10.7. The Balaban J connectivity index is 3.14. The van der Waals surface area contributed by atoms with E-state index in [0.717, 1.165) is 0 Å². The lowest BCUT2D eigenvalue weighted by Gasteiger charge is -2.20. The number of carboxylic acids is 1. The highest BCUT2D eigenvalue weighted by Gasteiger charge is 2.17. The predicted octanol–water partition coefficient (Wildman–Crippen LogP) is 1.36. The fourth-order valence-corrected chi connectivity index (χ4v) is 1.11.